The number of hydrogen-bond acceptors (Lipinski definition) is 9. The predicted octanol–water partition coefficient (Wildman–Crippen LogP) is 5.73. The van der Waals surface area contributed by atoms with Crippen LogP contribution in [-0.2, 0) is 10.5 Å². The second kappa shape index (κ2) is 8.94. The van der Waals surface area contributed by atoms with Crippen molar-refractivity contribution < 1.29 is 18.7 Å². The van der Waals surface area contributed by atoms with Gasteiger partial charge in [-0.1, -0.05) is 49.9 Å². The summed E-state index contributed by atoms with van der Waals surface area (Å²) in [5.41, 5.74) is 4.33. The largest absolute Gasteiger partial charge is 0.497 e. The molecule has 1 aliphatic carbocycles. The van der Waals surface area contributed by atoms with E-state index in [0.717, 1.165) is 28.0 Å². The second-order valence-electron chi connectivity index (χ2n) is 10.6. The highest BCUT2D eigenvalue weighted by atomic mass is 32.2. The van der Waals surface area contributed by atoms with Crippen molar-refractivity contribution in [3.63, 3.8) is 0 Å². The van der Waals surface area contributed by atoms with Crippen LogP contribution in [0.5, 0.6) is 11.6 Å². The summed E-state index contributed by atoms with van der Waals surface area (Å²) in [5.74, 6) is 2.65. The fourth-order valence-corrected chi connectivity index (χ4v) is 6.11. The lowest BCUT2D eigenvalue weighted by Crippen LogP contribution is -2.33. The molecule has 39 heavy (non-hydrogen) atoms. The van der Waals surface area contributed by atoms with Crippen LogP contribution in [0.2, 0.25) is 0 Å². The molecule has 1 unspecified atom stereocenters. The Labute approximate surface area is 228 Å². The molecule has 7 rings (SSSR count). The van der Waals surface area contributed by atoms with Crippen molar-refractivity contribution in [1.29, 1.82) is 0 Å². The SMILES string of the molecule is COc1ccc(C2C3=C(CC(C)(C)CC3=O)Oc3ncn4nc(CSc5nc6ccccc6o5)nc4c32)cc1. The van der Waals surface area contributed by atoms with Crippen LogP contribution in [0.1, 0.15) is 49.6 Å². The van der Waals surface area contributed by atoms with Gasteiger partial charge in [0.25, 0.3) is 5.22 Å². The van der Waals surface area contributed by atoms with Crippen molar-refractivity contribution in [1.82, 2.24) is 24.6 Å². The lowest BCUT2D eigenvalue weighted by molar-refractivity contribution is -0.118. The molecule has 0 radical (unpaired) electrons. The first-order chi connectivity index (χ1) is 18.9. The number of ketones is 1. The fraction of sp³-hybridized carbons (Fsp3) is 0.276. The van der Waals surface area contributed by atoms with E-state index in [9.17, 15) is 4.79 Å². The van der Waals surface area contributed by atoms with E-state index in [1.807, 2.05) is 48.5 Å². The van der Waals surface area contributed by atoms with Crippen LogP contribution < -0.4 is 9.47 Å². The number of rotatable bonds is 5. The molecule has 0 bridgehead atoms. The fourth-order valence-electron chi connectivity index (χ4n) is 5.42. The number of aromatic nitrogens is 5. The summed E-state index contributed by atoms with van der Waals surface area (Å²) in [6.45, 7) is 4.18. The Hall–Kier alpha value is -4.18. The summed E-state index contributed by atoms with van der Waals surface area (Å²) >= 11 is 1.43. The number of methoxy groups -OCH3 is 1. The van der Waals surface area contributed by atoms with Crippen molar-refractivity contribution in [2.75, 3.05) is 7.11 Å². The second-order valence-corrected chi connectivity index (χ2v) is 11.5. The van der Waals surface area contributed by atoms with Crippen LogP contribution in [-0.4, -0.2) is 37.5 Å². The number of oxazole rings is 1. The maximum atomic E-state index is 13.6. The van der Waals surface area contributed by atoms with Crippen molar-refractivity contribution in [2.45, 2.75) is 43.6 Å². The minimum absolute atomic E-state index is 0.0842. The first kappa shape index (κ1) is 23.9. The number of benzene rings is 2. The highest BCUT2D eigenvalue weighted by Crippen LogP contribution is 2.50. The van der Waals surface area contributed by atoms with Crippen molar-refractivity contribution in [3.8, 4) is 11.6 Å². The van der Waals surface area contributed by atoms with Gasteiger partial charge in [-0.2, -0.15) is 0 Å². The molecule has 196 valence electrons. The molecule has 2 aliphatic rings. The number of hydrogen-bond donors (Lipinski definition) is 0. The maximum Gasteiger partial charge on any atom is 0.257 e. The summed E-state index contributed by atoms with van der Waals surface area (Å²) in [5, 5.41) is 5.22. The van der Waals surface area contributed by atoms with Crippen molar-refractivity contribution in [2.24, 2.45) is 5.41 Å². The number of carbonyl (C=O) groups excluding carboxylic acids is 1. The van der Waals surface area contributed by atoms with E-state index < -0.39 is 0 Å². The van der Waals surface area contributed by atoms with E-state index in [1.54, 1.807) is 18.0 Å². The lowest BCUT2D eigenvalue weighted by Gasteiger charge is -2.37. The normalized spacial score (nSPS) is 18.2. The Balaban J connectivity index is 1.31. The topological polar surface area (TPSA) is 105 Å². The molecule has 0 amide bonds. The number of carbonyl (C=O) groups is 1. The average molecular weight is 540 g/mol. The van der Waals surface area contributed by atoms with Crippen LogP contribution in [0.4, 0.5) is 0 Å². The molecule has 4 heterocycles. The maximum absolute atomic E-state index is 13.6. The Kier molecular flexibility index (Phi) is 5.48. The van der Waals surface area contributed by atoms with Gasteiger partial charge in [-0.3, -0.25) is 4.79 Å². The standard InChI is InChI=1S/C29H25N5O4S/c1-29(2)12-19(35)24-21(13-29)37-27-25(23(24)16-8-10-17(36-3)11-9-16)26-32-22(33-34(26)15-30-27)14-39-28-31-18-6-4-5-7-20(18)38-28/h4-11,15,23H,12-14H2,1-3H3. The number of ether oxygens (including phenoxy) is 2. The lowest BCUT2D eigenvalue weighted by atomic mass is 9.70. The first-order valence-corrected chi connectivity index (χ1v) is 13.7. The molecule has 1 atom stereocenters. The van der Waals surface area contributed by atoms with Gasteiger partial charge in [-0.15, -0.1) is 5.10 Å². The van der Waals surface area contributed by atoms with Crippen LogP contribution in [0.15, 0.2) is 75.8 Å². The molecule has 0 spiro atoms. The Morgan fingerprint density at radius 2 is 1.92 bits per heavy atom. The van der Waals surface area contributed by atoms with E-state index in [2.05, 4.69) is 28.9 Å². The first-order valence-electron chi connectivity index (χ1n) is 12.7. The van der Waals surface area contributed by atoms with Crippen molar-refractivity contribution in [3.05, 3.63) is 83.1 Å². The van der Waals surface area contributed by atoms with E-state index in [1.165, 1.54) is 11.8 Å². The number of allylic oxidation sites excluding steroid dienone is 2. The Bertz CT molecular complexity index is 1750. The zero-order valence-electron chi connectivity index (χ0n) is 21.7. The van der Waals surface area contributed by atoms with E-state index in [0.29, 0.717) is 52.5 Å². The number of Topliss-reactive ketones (excluding diaryl/α,β-unsaturated/α-hetero) is 1. The highest BCUT2D eigenvalue weighted by molar-refractivity contribution is 7.98. The van der Waals surface area contributed by atoms with E-state index in [-0.39, 0.29) is 17.1 Å². The summed E-state index contributed by atoms with van der Waals surface area (Å²) in [7, 11) is 1.64. The Morgan fingerprint density at radius 1 is 1.10 bits per heavy atom. The van der Waals surface area contributed by atoms with Crippen LogP contribution in [0.25, 0.3) is 16.7 Å². The van der Waals surface area contributed by atoms with Gasteiger partial charge in [-0.25, -0.2) is 19.5 Å². The molecule has 1 aliphatic heterocycles. The molecule has 3 aromatic heterocycles. The zero-order chi connectivity index (χ0) is 26.7. The minimum atomic E-state index is -0.379. The molecule has 0 fully saturated rings. The third-order valence-corrected chi connectivity index (χ3v) is 7.98. The van der Waals surface area contributed by atoms with Gasteiger partial charge >= 0.3 is 0 Å². The number of nitrogens with zero attached hydrogens (tertiary/aromatic N) is 5. The van der Waals surface area contributed by atoms with Gasteiger partial charge in [0.05, 0.1) is 18.4 Å². The molecule has 2 aromatic carbocycles. The average Bonchev–Trinajstić information content (AvgIpc) is 3.53. The van der Waals surface area contributed by atoms with Crippen LogP contribution >= 0.6 is 11.8 Å². The van der Waals surface area contributed by atoms with Gasteiger partial charge in [0.2, 0.25) is 5.88 Å². The molecule has 0 saturated carbocycles. The third-order valence-electron chi connectivity index (χ3n) is 7.16. The number of para-hydroxylation sites is 2. The van der Waals surface area contributed by atoms with Gasteiger partial charge in [0.15, 0.2) is 22.8 Å². The van der Waals surface area contributed by atoms with E-state index in [4.69, 9.17) is 18.9 Å². The molecule has 5 aromatic rings. The summed E-state index contributed by atoms with van der Waals surface area (Å²) in [6.07, 6.45) is 2.72. The third kappa shape index (κ3) is 4.15. The van der Waals surface area contributed by atoms with Gasteiger partial charge < -0.3 is 13.9 Å². The highest BCUT2D eigenvalue weighted by Gasteiger charge is 2.44. The molecule has 0 saturated heterocycles. The number of thioether (sulfide) groups is 1. The summed E-state index contributed by atoms with van der Waals surface area (Å²) < 4.78 is 19.2. The van der Waals surface area contributed by atoms with Gasteiger partial charge in [-0.05, 0) is 35.2 Å². The summed E-state index contributed by atoms with van der Waals surface area (Å²) in [4.78, 5) is 27.6. The van der Waals surface area contributed by atoms with Gasteiger partial charge in [0, 0.05) is 24.3 Å². The van der Waals surface area contributed by atoms with Crippen molar-refractivity contribution >= 4 is 34.3 Å². The predicted molar refractivity (Wildman–Crippen MR) is 145 cm³/mol. The smallest absolute Gasteiger partial charge is 0.257 e. The van der Waals surface area contributed by atoms with E-state index >= 15 is 0 Å². The van der Waals surface area contributed by atoms with Gasteiger partial charge in [0.1, 0.15) is 23.4 Å². The molecule has 10 heteroatoms. The monoisotopic (exact) mass is 539 g/mol. The molecular weight excluding hydrogens is 514 g/mol. The molecule has 9 nitrogen and oxygen atoms in total. The quantitative estimate of drug-likeness (QED) is 0.259. The zero-order valence-corrected chi connectivity index (χ0v) is 22.5. The molecule has 0 N–H and O–H groups in total. The Morgan fingerprint density at radius 3 is 2.72 bits per heavy atom. The van der Waals surface area contributed by atoms with Crippen LogP contribution in [0.3, 0.4) is 0 Å². The summed E-state index contributed by atoms with van der Waals surface area (Å²) in [6, 6.07) is 15.4. The number of fused-ring (bicyclic) bond motifs is 4. The van der Waals surface area contributed by atoms with Crippen LogP contribution in [0, 0.1) is 5.41 Å². The minimum Gasteiger partial charge on any atom is -0.497 e. The molecular formula is C29H25N5O4S.